The fourth-order valence-electron chi connectivity index (χ4n) is 2.09. The molecule has 1 aliphatic carbocycles. The number of halogens is 1. The van der Waals surface area contributed by atoms with E-state index in [4.69, 9.17) is 16.3 Å². The Morgan fingerprint density at radius 3 is 2.94 bits per heavy atom. The molecule has 1 N–H and O–H groups in total. The molecule has 5 heteroatoms. The van der Waals surface area contributed by atoms with Crippen LogP contribution in [0.2, 0.25) is 4.34 Å². The van der Waals surface area contributed by atoms with Crippen LogP contribution >= 0.6 is 22.9 Å². The monoisotopic (exact) mass is 274 g/mol. The summed E-state index contributed by atoms with van der Waals surface area (Å²) in [6, 6.07) is 0. The summed E-state index contributed by atoms with van der Waals surface area (Å²) in [4.78, 5) is 4.14. The van der Waals surface area contributed by atoms with Crippen LogP contribution in [0.1, 0.15) is 38.5 Å². The Morgan fingerprint density at radius 1 is 1.41 bits per heavy atom. The third kappa shape index (κ3) is 4.82. The summed E-state index contributed by atoms with van der Waals surface area (Å²) < 4.78 is 6.57. The van der Waals surface area contributed by atoms with Gasteiger partial charge in [-0.25, -0.2) is 4.98 Å². The molecule has 0 spiro atoms. The molecule has 2 rings (SSSR count). The third-order valence-corrected chi connectivity index (χ3v) is 4.05. The summed E-state index contributed by atoms with van der Waals surface area (Å²) in [6.07, 6.45) is 9.75. The topological polar surface area (TPSA) is 34.2 Å². The van der Waals surface area contributed by atoms with Crippen LogP contribution in [-0.2, 0) is 4.74 Å². The first-order chi connectivity index (χ1) is 8.34. The van der Waals surface area contributed by atoms with Gasteiger partial charge in [0.25, 0.3) is 0 Å². The Kier molecular flexibility index (Phi) is 5.55. The number of nitrogens with zero attached hydrogens (tertiary/aromatic N) is 1. The number of nitrogens with one attached hydrogen (secondary N) is 1. The lowest BCUT2D eigenvalue weighted by molar-refractivity contribution is 0.0284. The number of rotatable bonds is 6. The highest BCUT2D eigenvalue weighted by Crippen LogP contribution is 2.22. The molecule has 0 aliphatic heterocycles. The van der Waals surface area contributed by atoms with Crippen LogP contribution in [0.15, 0.2) is 6.20 Å². The smallest absolute Gasteiger partial charge is 0.184 e. The van der Waals surface area contributed by atoms with Crippen LogP contribution in [-0.4, -0.2) is 24.2 Å². The van der Waals surface area contributed by atoms with Gasteiger partial charge in [0.1, 0.15) is 4.34 Å². The van der Waals surface area contributed by atoms with Gasteiger partial charge in [0, 0.05) is 13.2 Å². The van der Waals surface area contributed by atoms with E-state index in [1.807, 2.05) is 0 Å². The second-order valence-corrected chi connectivity index (χ2v) is 6.04. The van der Waals surface area contributed by atoms with Crippen LogP contribution in [0.3, 0.4) is 0 Å². The van der Waals surface area contributed by atoms with Crippen LogP contribution in [0, 0.1) is 0 Å². The Balaban J connectivity index is 1.51. The molecule has 1 aromatic heterocycles. The zero-order valence-corrected chi connectivity index (χ0v) is 11.5. The summed E-state index contributed by atoms with van der Waals surface area (Å²) in [5, 5.41) is 4.14. The fraction of sp³-hybridized carbons (Fsp3) is 0.750. The highest BCUT2D eigenvalue weighted by Gasteiger charge is 2.12. The number of anilines is 1. The SMILES string of the molecule is Clc1cnc(NCCCOC2CCCCC2)s1. The molecule has 0 saturated heterocycles. The molecule has 0 unspecified atom stereocenters. The van der Waals surface area contributed by atoms with E-state index >= 15 is 0 Å². The van der Waals surface area contributed by atoms with Crippen molar-refractivity contribution in [3.8, 4) is 0 Å². The minimum Gasteiger partial charge on any atom is -0.378 e. The summed E-state index contributed by atoms with van der Waals surface area (Å²) in [5.41, 5.74) is 0. The molecular weight excluding hydrogens is 256 g/mol. The van der Waals surface area contributed by atoms with E-state index in [-0.39, 0.29) is 0 Å². The zero-order valence-electron chi connectivity index (χ0n) is 9.95. The number of thiazole rings is 1. The van der Waals surface area contributed by atoms with Crippen molar-refractivity contribution in [1.29, 1.82) is 0 Å². The van der Waals surface area contributed by atoms with Crippen molar-refractivity contribution in [2.75, 3.05) is 18.5 Å². The molecule has 0 atom stereocenters. The standard InChI is InChI=1S/C12H19ClN2OS/c13-11-9-15-12(17-11)14-7-4-8-16-10-5-2-1-3-6-10/h9-10H,1-8H2,(H,14,15). The molecule has 96 valence electrons. The van der Waals surface area contributed by atoms with Crippen LogP contribution < -0.4 is 5.32 Å². The van der Waals surface area contributed by atoms with Gasteiger partial charge in [-0.15, -0.1) is 0 Å². The van der Waals surface area contributed by atoms with Crippen molar-refractivity contribution < 1.29 is 4.74 Å². The predicted octanol–water partition coefficient (Wildman–Crippen LogP) is 3.95. The van der Waals surface area contributed by atoms with Gasteiger partial charge in [0.2, 0.25) is 0 Å². The van der Waals surface area contributed by atoms with Gasteiger partial charge >= 0.3 is 0 Å². The summed E-state index contributed by atoms with van der Waals surface area (Å²) in [7, 11) is 0. The summed E-state index contributed by atoms with van der Waals surface area (Å²) >= 11 is 7.27. The molecule has 0 bridgehead atoms. The maximum atomic E-state index is 5.84. The Labute approximate surface area is 112 Å². The van der Waals surface area contributed by atoms with E-state index in [1.165, 1.54) is 43.4 Å². The quantitative estimate of drug-likeness (QED) is 0.798. The van der Waals surface area contributed by atoms with Gasteiger partial charge in [0.15, 0.2) is 5.13 Å². The molecule has 3 nitrogen and oxygen atoms in total. The van der Waals surface area contributed by atoms with E-state index in [0.29, 0.717) is 6.10 Å². The summed E-state index contributed by atoms with van der Waals surface area (Å²) in [5.74, 6) is 0. The minimum atomic E-state index is 0.512. The number of hydrogen-bond donors (Lipinski definition) is 1. The number of ether oxygens (including phenoxy) is 1. The Morgan fingerprint density at radius 2 is 2.24 bits per heavy atom. The van der Waals surface area contributed by atoms with Crippen molar-refractivity contribution in [1.82, 2.24) is 4.98 Å². The molecule has 0 amide bonds. The molecule has 1 heterocycles. The number of hydrogen-bond acceptors (Lipinski definition) is 4. The van der Waals surface area contributed by atoms with E-state index in [0.717, 1.165) is 29.0 Å². The normalized spacial score (nSPS) is 17.2. The van der Waals surface area contributed by atoms with E-state index in [2.05, 4.69) is 10.3 Å². The lowest BCUT2D eigenvalue weighted by atomic mass is 9.98. The lowest BCUT2D eigenvalue weighted by Crippen LogP contribution is -2.18. The molecule has 1 aromatic rings. The fourth-order valence-corrected chi connectivity index (χ4v) is 2.92. The van der Waals surface area contributed by atoms with E-state index in [1.54, 1.807) is 6.20 Å². The Hall–Kier alpha value is -0.320. The second kappa shape index (κ2) is 7.19. The van der Waals surface area contributed by atoms with Crippen molar-refractivity contribution in [2.45, 2.75) is 44.6 Å². The number of aromatic nitrogens is 1. The maximum absolute atomic E-state index is 5.84. The molecule has 0 radical (unpaired) electrons. The van der Waals surface area contributed by atoms with Gasteiger partial charge < -0.3 is 10.1 Å². The van der Waals surface area contributed by atoms with Gasteiger partial charge in [-0.3, -0.25) is 0 Å². The third-order valence-electron chi connectivity index (χ3n) is 2.98. The van der Waals surface area contributed by atoms with Crippen molar-refractivity contribution in [2.24, 2.45) is 0 Å². The van der Waals surface area contributed by atoms with Gasteiger partial charge in [-0.05, 0) is 19.3 Å². The summed E-state index contributed by atoms with van der Waals surface area (Å²) in [6.45, 7) is 1.74. The molecule has 1 aliphatic rings. The second-order valence-electron chi connectivity index (χ2n) is 4.38. The maximum Gasteiger partial charge on any atom is 0.184 e. The van der Waals surface area contributed by atoms with Gasteiger partial charge in [-0.2, -0.15) is 0 Å². The predicted molar refractivity (Wildman–Crippen MR) is 73.1 cm³/mol. The van der Waals surface area contributed by atoms with E-state index in [9.17, 15) is 0 Å². The van der Waals surface area contributed by atoms with Crippen LogP contribution in [0.5, 0.6) is 0 Å². The zero-order chi connectivity index (χ0) is 11.9. The van der Waals surface area contributed by atoms with Crippen LogP contribution in [0.25, 0.3) is 0 Å². The molecule has 1 fully saturated rings. The minimum absolute atomic E-state index is 0.512. The lowest BCUT2D eigenvalue weighted by Gasteiger charge is -2.21. The van der Waals surface area contributed by atoms with Crippen molar-refractivity contribution in [3.63, 3.8) is 0 Å². The molecule has 17 heavy (non-hydrogen) atoms. The van der Waals surface area contributed by atoms with Crippen molar-refractivity contribution in [3.05, 3.63) is 10.5 Å². The molecule has 1 saturated carbocycles. The average molecular weight is 275 g/mol. The molecule has 0 aromatic carbocycles. The van der Waals surface area contributed by atoms with Crippen LogP contribution in [0.4, 0.5) is 5.13 Å². The first kappa shape index (κ1) is 13.1. The van der Waals surface area contributed by atoms with Crippen molar-refractivity contribution >= 4 is 28.1 Å². The molecular formula is C12H19ClN2OS. The average Bonchev–Trinajstić information content (AvgIpc) is 2.76. The highest BCUT2D eigenvalue weighted by molar-refractivity contribution is 7.19. The highest BCUT2D eigenvalue weighted by atomic mass is 35.5. The first-order valence-electron chi connectivity index (χ1n) is 6.31. The first-order valence-corrected chi connectivity index (χ1v) is 7.51. The Bertz CT molecular complexity index is 326. The van der Waals surface area contributed by atoms with E-state index < -0.39 is 0 Å². The largest absolute Gasteiger partial charge is 0.378 e. The van der Waals surface area contributed by atoms with Gasteiger partial charge in [0.05, 0.1) is 12.3 Å². The van der Waals surface area contributed by atoms with Gasteiger partial charge in [-0.1, -0.05) is 42.2 Å².